The van der Waals surface area contributed by atoms with E-state index >= 15 is 0 Å². The number of nitrogens with zero attached hydrogens (tertiary/aromatic N) is 4. The number of fused-ring (bicyclic) bond motifs is 1. The van der Waals surface area contributed by atoms with Crippen LogP contribution in [0, 0.1) is 0 Å². The molecule has 0 radical (unpaired) electrons. The first kappa shape index (κ1) is 24.4. The van der Waals surface area contributed by atoms with Gasteiger partial charge in [-0.15, -0.1) is 15.7 Å². The molecule has 1 atom stereocenters. The van der Waals surface area contributed by atoms with Gasteiger partial charge in [0.2, 0.25) is 0 Å². The Morgan fingerprint density at radius 1 is 1.17 bits per heavy atom. The molecule has 182 valence electrons. The lowest BCUT2D eigenvalue weighted by Crippen LogP contribution is -2.06. The lowest BCUT2D eigenvalue weighted by molar-refractivity contribution is 0.164. The molecule has 1 unspecified atom stereocenters. The standard InChI is InChI=1S/C23H23N5O5S2/c1-4-32-23(29)28-35(3,30)16-7-5-6-15(10-16)13-33-20-12-18-17(11-19(20)31-2)21(26-14-25-18)27-22-24-8-9-34-22/h5-12,14H,4,13H2,1-3H3,(H,24,25,26,27). The van der Waals surface area contributed by atoms with Gasteiger partial charge in [0.1, 0.15) is 18.8 Å². The molecule has 0 spiro atoms. The molecule has 0 fully saturated rings. The van der Waals surface area contributed by atoms with Gasteiger partial charge in [0.25, 0.3) is 0 Å². The number of carbonyl (C=O) groups is 1. The summed E-state index contributed by atoms with van der Waals surface area (Å²) in [5, 5.41) is 6.52. The van der Waals surface area contributed by atoms with Crippen molar-refractivity contribution in [2.75, 3.05) is 25.3 Å². The molecule has 2 heterocycles. The van der Waals surface area contributed by atoms with Gasteiger partial charge in [-0.3, -0.25) is 0 Å². The largest absolute Gasteiger partial charge is 0.493 e. The Balaban J connectivity index is 1.58. The molecule has 2 aromatic heterocycles. The van der Waals surface area contributed by atoms with E-state index in [-0.39, 0.29) is 13.2 Å². The molecular formula is C23H23N5O5S2. The van der Waals surface area contributed by atoms with Gasteiger partial charge < -0.3 is 19.5 Å². The number of hydrogen-bond acceptors (Lipinski definition) is 10. The first-order valence-electron chi connectivity index (χ1n) is 10.5. The van der Waals surface area contributed by atoms with Crippen LogP contribution in [0.3, 0.4) is 0 Å². The molecule has 0 aliphatic heterocycles. The summed E-state index contributed by atoms with van der Waals surface area (Å²) in [7, 11) is -1.41. The van der Waals surface area contributed by atoms with Crippen LogP contribution >= 0.6 is 11.3 Å². The van der Waals surface area contributed by atoms with Gasteiger partial charge in [-0.25, -0.2) is 24.0 Å². The zero-order valence-corrected chi connectivity index (χ0v) is 20.9. The van der Waals surface area contributed by atoms with Gasteiger partial charge in [0.05, 0.1) is 29.0 Å². The van der Waals surface area contributed by atoms with Gasteiger partial charge in [-0.1, -0.05) is 12.1 Å². The van der Waals surface area contributed by atoms with E-state index in [4.69, 9.17) is 14.2 Å². The zero-order valence-electron chi connectivity index (χ0n) is 19.3. The third-order valence-corrected chi connectivity index (χ3v) is 7.14. The summed E-state index contributed by atoms with van der Waals surface area (Å²) in [6.45, 7) is 1.99. The van der Waals surface area contributed by atoms with Crippen molar-refractivity contribution in [2.45, 2.75) is 18.4 Å². The Bertz CT molecular complexity index is 1470. The monoisotopic (exact) mass is 513 g/mol. The van der Waals surface area contributed by atoms with Crippen LogP contribution in [0.5, 0.6) is 11.5 Å². The molecule has 1 N–H and O–H groups in total. The third-order valence-electron chi connectivity index (χ3n) is 4.83. The molecule has 1 amide bonds. The second kappa shape index (κ2) is 10.7. The van der Waals surface area contributed by atoms with Crippen molar-refractivity contribution in [2.24, 2.45) is 4.36 Å². The summed E-state index contributed by atoms with van der Waals surface area (Å²) in [5.41, 5.74) is 1.40. The van der Waals surface area contributed by atoms with E-state index in [1.165, 1.54) is 23.9 Å². The summed E-state index contributed by atoms with van der Waals surface area (Å²) in [5.74, 6) is 1.59. The number of benzene rings is 2. The highest BCUT2D eigenvalue weighted by atomic mass is 32.2. The van der Waals surface area contributed by atoms with Crippen LogP contribution in [0.1, 0.15) is 12.5 Å². The summed E-state index contributed by atoms with van der Waals surface area (Å²) < 4.78 is 33.0. The Kier molecular flexibility index (Phi) is 7.42. The number of amides is 1. The van der Waals surface area contributed by atoms with E-state index in [0.717, 1.165) is 10.9 Å². The van der Waals surface area contributed by atoms with Crippen molar-refractivity contribution in [1.82, 2.24) is 15.0 Å². The topological polar surface area (TPSA) is 125 Å². The fourth-order valence-electron chi connectivity index (χ4n) is 3.20. The molecule has 0 bridgehead atoms. The smallest absolute Gasteiger partial charge is 0.442 e. The predicted molar refractivity (Wildman–Crippen MR) is 134 cm³/mol. The van der Waals surface area contributed by atoms with Crippen LogP contribution in [0.4, 0.5) is 15.7 Å². The number of ether oxygens (including phenoxy) is 3. The molecule has 0 aliphatic carbocycles. The normalized spacial score (nSPS) is 12.5. The minimum absolute atomic E-state index is 0.159. The van der Waals surface area contributed by atoms with Gasteiger partial charge in [0.15, 0.2) is 16.6 Å². The highest BCUT2D eigenvalue weighted by Gasteiger charge is 2.14. The number of aromatic nitrogens is 3. The third kappa shape index (κ3) is 5.84. The van der Waals surface area contributed by atoms with Gasteiger partial charge >= 0.3 is 6.09 Å². The molecule has 0 aliphatic rings. The van der Waals surface area contributed by atoms with Crippen LogP contribution in [0.25, 0.3) is 10.9 Å². The molecule has 4 aromatic rings. The zero-order chi connectivity index (χ0) is 24.8. The van der Waals surface area contributed by atoms with Crippen LogP contribution in [0.15, 0.2) is 63.6 Å². The summed E-state index contributed by atoms with van der Waals surface area (Å²) in [6.07, 6.45) is 3.71. The highest BCUT2D eigenvalue weighted by Crippen LogP contribution is 2.35. The molecule has 35 heavy (non-hydrogen) atoms. The Hall–Kier alpha value is -3.77. The lowest BCUT2D eigenvalue weighted by Gasteiger charge is -2.14. The van der Waals surface area contributed by atoms with Gasteiger partial charge in [-0.05, 0) is 30.7 Å². The van der Waals surface area contributed by atoms with Gasteiger partial charge in [0, 0.05) is 34.2 Å². The fraction of sp³-hybridized carbons (Fsp3) is 0.217. The molecule has 4 rings (SSSR count). The number of thiazole rings is 1. The molecule has 0 saturated heterocycles. The van der Waals surface area contributed by atoms with E-state index in [9.17, 15) is 9.00 Å². The number of carbonyl (C=O) groups excluding carboxylic acids is 1. The summed E-state index contributed by atoms with van der Waals surface area (Å²) >= 11 is 1.46. The number of hydrogen-bond donors (Lipinski definition) is 1. The number of nitrogens with one attached hydrogen (secondary N) is 1. The van der Waals surface area contributed by atoms with Crippen molar-refractivity contribution >= 4 is 49.0 Å². The van der Waals surface area contributed by atoms with Crippen molar-refractivity contribution < 1.29 is 23.2 Å². The predicted octanol–water partition coefficient (Wildman–Crippen LogP) is 5.03. The second-order valence-corrected chi connectivity index (χ2v) is 10.4. The SMILES string of the molecule is CCOC(=O)N=S(C)(=O)c1cccc(COc2cc3ncnc(Nc4nccs4)c3cc2OC)c1. The van der Waals surface area contributed by atoms with E-state index in [2.05, 4.69) is 24.6 Å². The van der Waals surface area contributed by atoms with Crippen molar-refractivity contribution in [3.05, 3.63) is 59.9 Å². The maximum Gasteiger partial charge on any atom is 0.442 e. The Morgan fingerprint density at radius 2 is 2.03 bits per heavy atom. The Morgan fingerprint density at radius 3 is 2.77 bits per heavy atom. The van der Waals surface area contributed by atoms with Crippen LogP contribution in [-0.2, 0) is 21.1 Å². The van der Waals surface area contributed by atoms with Crippen LogP contribution in [0.2, 0.25) is 0 Å². The minimum Gasteiger partial charge on any atom is -0.493 e. The molecule has 10 nitrogen and oxygen atoms in total. The van der Waals surface area contributed by atoms with Gasteiger partial charge in [-0.2, -0.15) is 0 Å². The average molecular weight is 514 g/mol. The highest BCUT2D eigenvalue weighted by molar-refractivity contribution is 7.93. The van der Waals surface area contributed by atoms with Crippen molar-refractivity contribution in [3.8, 4) is 11.5 Å². The maximum atomic E-state index is 12.9. The molecule has 2 aromatic carbocycles. The minimum atomic E-state index is -2.96. The summed E-state index contributed by atoms with van der Waals surface area (Å²) in [4.78, 5) is 25.0. The van der Waals surface area contributed by atoms with Crippen molar-refractivity contribution in [3.63, 3.8) is 0 Å². The first-order chi connectivity index (χ1) is 16.9. The number of rotatable bonds is 8. The number of anilines is 2. The van der Waals surface area contributed by atoms with E-state index in [0.29, 0.717) is 32.9 Å². The van der Waals surface area contributed by atoms with E-state index in [1.807, 2.05) is 11.4 Å². The molecular weight excluding hydrogens is 490 g/mol. The fourth-order valence-corrected chi connectivity index (χ4v) is 4.87. The molecule has 0 saturated carbocycles. The van der Waals surface area contributed by atoms with E-state index in [1.54, 1.807) is 50.6 Å². The van der Waals surface area contributed by atoms with Crippen LogP contribution in [-0.4, -0.2) is 45.2 Å². The summed E-state index contributed by atoms with van der Waals surface area (Å²) in [6, 6.07) is 10.5. The Labute approximate surface area is 206 Å². The van der Waals surface area contributed by atoms with E-state index < -0.39 is 15.8 Å². The van der Waals surface area contributed by atoms with Crippen LogP contribution < -0.4 is 14.8 Å². The second-order valence-electron chi connectivity index (χ2n) is 7.23. The average Bonchev–Trinajstić information content (AvgIpc) is 3.35. The van der Waals surface area contributed by atoms with Crippen molar-refractivity contribution in [1.29, 1.82) is 0 Å². The maximum absolute atomic E-state index is 12.9. The molecule has 12 heteroatoms. The lowest BCUT2D eigenvalue weighted by atomic mass is 10.2. The number of methoxy groups -OCH3 is 1. The first-order valence-corrected chi connectivity index (χ1v) is 13.3. The quantitative estimate of drug-likeness (QED) is 0.345.